The maximum Gasteiger partial charge on any atom is 0.268 e. The van der Waals surface area contributed by atoms with E-state index in [4.69, 9.17) is 0 Å². The highest BCUT2D eigenvalue weighted by Gasteiger charge is 2.13. The molecule has 2 N–H and O–H groups in total. The van der Waals surface area contributed by atoms with Crippen LogP contribution in [0.1, 0.15) is 18.1 Å². The molecule has 3 rings (SSSR count). The summed E-state index contributed by atoms with van der Waals surface area (Å²) >= 11 is 1.29. The number of amides is 1. The lowest BCUT2D eigenvalue weighted by Gasteiger charge is -2.03. The molecule has 0 unspecified atom stereocenters. The van der Waals surface area contributed by atoms with Gasteiger partial charge in [-0.2, -0.15) is 10.4 Å². The Hall–Kier alpha value is -3.24. The number of carbonyl (C=O) groups is 1. The maximum atomic E-state index is 12.2. The largest absolute Gasteiger partial charge is 0.297 e. The van der Waals surface area contributed by atoms with Gasteiger partial charge < -0.3 is 0 Å². The summed E-state index contributed by atoms with van der Waals surface area (Å²) in [6.45, 7) is 2.10. The molecular formula is C18H15N5OS. The minimum atomic E-state index is -0.495. The topological polar surface area (TPSA) is 94.5 Å². The van der Waals surface area contributed by atoms with Gasteiger partial charge in [0, 0.05) is 22.7 Å². The molecule has 0 saturated carbocycles. The molecular weight excluding hydrogens is 334 g/mol. The van der Waals surface area contributed by atoms with Crippen molar-refractivity contribution in [1.29, 1.82) is 5.26 Å². The number of nitriles is 1. The molecule has 0 radical (unpaired) electrons. The molecule has 1 amide bonds. The number of aryl methyl sites for hydroxylation is 1. The fraction of sp³-hybridized carbons (Fsp3) is 0.111. The van der Waals surface area contributed by atoms with Crippen molar-refractivity contribution in [2.24, 2.45) is 0 Å². The van der Waals surface area contributed by atoms with Crippen LogP contribution in [0.25, 0.3) is 17.3 Å². The van der Waals surface area contributed by atoms with E-state index in [1.54, 1.807) is 17.8 Å². The predicted molar refractivity (Wildman–Crippen MR) is 97.7 cm³/mol. The molecule has 3 aromatic rings. The minimum absolute atomic E-state index is 0.0111. The van der Waals surface area contributed by atoms with E-state index in [2.05, 4.69) is 27.4 Å². The average Bonchev–Trinajstić information content (AvgIpc) is 3.31. The van der Waals surface area contributed by atoms with Gasteiger partial charge in [-0.05, 0) is 18.1 Å². The third-order valence-corrected chi connectivity index (χ3v) is 4.33. The Bertz CT molecular complexity index is 933. The summed E-state index contributed by atoms with van der Waals surface area (Å²) < 4.78 is 0. The van der Waals surface area contributed by atoms with Crippen LogP contribution in [0.4, 0.5) is 5.13 Å². The van der Waals surface area contributed by atoms with Crippen LogP contribution in [0, 0.1) is 11.3 Å². The smallest absolute Gasteiger partial charge is 0.268 e. The molecule has 0 saturated heterocycles. The molecule has 124 valence electrons. The maximum absolute atomic E-state index is 12.2. The van der Waals surface area contributed by atoms with E-state index in [-0.39, 0.29) is 5.57 Å². The zero-order chi connectivity index (χ0) is 17.6. The van der Waals surface area contributed by atoms with E-state index >= 15 is 0 Å². The molecule has 0 aliphatic heterocycles. The summed E-state index contributed by atoms with van der Waals surface area (Å²) in [6.07, 6.45) is 5.67. The molecule has 6 nitrogen and oxygen atoms in total. The number of benzene rings is 1. The van der Waals surface area contributed by atoms with Crippen molar-refractivity contribution in [3.05, 3.63) is 58.7 Å². The van der Waals surface area contributed by atoms with Crippen LogP contribution in [-0.4, -0.2) is 21.1 Å². The minimum Gasteiger partial charge on any atom is -0.297 e. The van der Waals surface area contributed by atoms with E-state index in [9.17, 15) is 10.1 Å². The Morgan fingerprint density at radius 1 is 1.40 bits per heavy atom. The molecule has 1 aromatic carbocycles. The zero-order valence-electron chi connectivity index (χ0n) is 13.5. The fourth-order valence-electron chi connectivity index (χ4n) is 2.30. The zero-order valence-corrected chi connectivity index (χ0v) is 14.3. The first-order chi connectivity index (χ1) is 12.2. The summed E-state index contributed by atoms with van der Waals surface area (Å²) in [6, 6.07) is 10.0. The molecule has 7 heteroatoms. The van der Waals surface area contributed by atoms with Crippen LogP contribution in [0.2, 0.25) is 0 Å². The predicted octanol–water partition coefficient (Wildman–Crippen LogP) is 3.64. The first kappa shape index (κ1) is 16.6. The Morgan fingerprint density at radius 3 is 2.84 bits per heavy atom. The van der Waals surface area contributed by atoms with Gasteiger partial charge in [0.15, 0.2) is 5.13 Å². The number of nitrogens with one attached hydrogen (secondary N) is 2. The summed E-state index contributed by atoms with van der Waals surface area (Å²) in [5.41, 5.74) is 3.61. The van der Waals surface area contributed by atoms with Crippen LogP contribution in [-0.2, 0) is 11.2 Å². The van der Waals surface area contributed by atoms with Crippen molar-refractivity contribution in [3.63, 3.8) is 0 Å². The fourth-order valence-corrected chi connectivity index (χ4v) is 2.82. The number of hydrogen-bond acceptors (Lipinski definition) is 5. The number of hydrogen-bond donors (Lipinski definition) is 2. The van der Waals surface area contributed by atoms with E-state index in [0.29, 0.717) is 10.7 Å². The molecule has 2 aromatic heterocycles. The number of H-pyrrole nitrogens is 1. The van der Waals surface area contributed by atoms with Gasteiger partial charge in [-0.1, -0.05) is 31.2 Å². The molecule has 0 bridgehead atoms. The van der Waals surface area contributed by atoms with E-state index in [0.717, 1.165) is 17.7 Å². The van der Waals surface area contributed by atoms with Crippen molar-refractivity contribution in [1.82, 2.24) is 15.2 Å². The number of rotatable bonds is 5. The number of aromatic amines is 1. The molecule has 0 spiro atoms. The lowest BCUT2D eigenvalue weighted by Crippen LogP contribution is -2.13. The second kappa shape index (κ2) is 7.55. The van der Waals surface area contributed by atoms with Gasteiger partial charge in [0.1, 0.15) is 11.6 Å². The van der Waals surface area contributed by atoms with E-state index in [1.807, 2.05) is 30.3 Å². The Kier molecular flexibility index (Phi) is 5.02. The average molecular weight is 349 g/mol. The molecule has 0 aliphatic carbocycles. The number of anilines is 1. The lowest BCUT2D eigenvalue weighted by atomic mass is 10.0. The van der Waals surface area contributed by atoms with Crippen molar-refractivity contribution in [2.45, 2.75) is 13.3 Å². The second-order valence-corrected chi connectivity index (χ2v) is 6.11. The lowest BCUT2D eigenvalue weighted by molar-refractivity contribution is -0.112. The summed E-state index contributed by atoms with van der Waals surface area (Å²) in [7, 11) is 0. The van der Waals surface area contributed by atoms with E-state index in [1.165, 1.54) is 23.0 Å². The SMILES string of the molecule is CCc1ccc(-c2[nH]ncc2C=C(C#N)C(=O)Nc2nccs2)cc1. The van der Waals surface area contributed by atoms with Crippen LogP contribution in [0.15, 0.2) is 47.6 Å². The molecule has 0 fully saturated rings. The third-order valence-electron chi connectivity index (χ3n) is 3.64. The number of nitrogens with zero attached hydrogens (tertiary/aromatic N) is 3. The number of aromatic nitrogens is 3. The van der Waals surface area contributed by atoms with Crippen molar-refractivity contribution >= 4 is 28.5 Å². The van der Waals surface area contributed by atoms with Gasteiger partial charge in [-0.3, -0.25) is 15.2 Å². The van der Waals surface area contributed by atoms with Gasteiger partial charge in [0.25, 0.3) is 5.91 Å². The van der Waals surface area contributed by atoms with Crippen LogP contribution >= 0.6 is 11.3 Å². The highest BCUT2D eigenvalue weighted by atomic mass is 32.1. The Morgan fingerprint density at radius 2 is 2.20 bits per heavy atom. The number of carbonyl (C=O) groups excluding carboxylic acids is 1. The van der Waals surface area contributed by atoms with Crippen LogP contribution in [0.3, 0.4) is 0 Å². The Balaban J connectivity index is 1.88. The molecule has 0 aliphatic rings. The highest BCUT2D eigenvalue weighted by Crippen LogP contribution is 2.24. The summed E-state index contributed by atoms with van der Waals surface area (Å²) in [4.78, 5) is 16.2. The van der Waals surface area contributed by atoms with Gasteiger partial charge in [0.05, 0.1) is 11.9 Å². The molecule has 2 heterocycles. The molecule has 25 heavy (non-hydrogen) atoms. The van der Waals surface area contributed by atoms with Crippen LogP contribution < -0.4 is 5.32 Å². The Labute approximate surface area is 148 Å². The van der Waals surface area contributed by atoms with Crippen LogP contribution in [0.5, 0.6) is 0 Å². The van der Waals surface area contributed by atoms with Gasteiger partial charge in [0.2, 0.25) is 0 Å². The third kappa shape index (κ3) is 3.82. The van der Waals surface area contributed by atoms with Gasteiger partial charge in [-0.25, -0.2) is 4.98 Å². The summed E-state index contributed by atoms with van der Waals surface area (Å²) in [5.74, 6) is -0.495. The molecule has 0 atom stereocenters. The second-order valence-electron chi connectivity index (χ2n) is 5.21. The highest BCUT2D eigenvalue weighted by molar-refractivity contribution is 7.13. The van der Waals surface area contributed by atoms with Gasteiger partial charge in [-0.15, -0.1) is 11.3 Å². The summed E-state index contributed by atoms with van der Waals surface area (Å²) in [5, 5.41) is 21.1. The van der Waals surface area contributed by atoms with Crippen molar-refractivity contribution < 1.29 is 4.79 Å². The number of thiazole rings is 1. The van der Waals surface area contributed by atoms with Crippen molar-refractivity contribution in [2.75, 3.05) is 5.32 Å². The monoisotopic (exact) mass is 349 g/mol. The van der Waals surface area contributed by atoms with Crippen molar-refractivity contribution in [3.8, 4) is 17.3 Å². The van der Waals surface area contributed by atoms with Gasteiger partial charge >= 0.3 is 0 Å². The quantitative estimate of drug-likeness (QED) is 0.543. The first-order valence-electron chi connectivity index (χ1n) is 7.66. The first-order valence-corrected chi connectivity index (χ1v) is 8.54. The van der Waals surface area contributed by atoms with E-state index < -0.39 is 5.91 Å². The normalized spacial score (nSPS) is 11.1. The standard InChI is InChI=1S/C18H15N5OS/c1-2-12-3-5-13(6-4-12)16-15(11-21-23-16)9-14(10-19)17(24)22-18-20-7-8-25-18/h3-9,11H,2H2,1H3,(H,21,23)(H,20,22,24).